The van der Waals surface area contributed by atoms with Crippen LogP contribution in [0, 0.1) is 5.92 Å². The summed E-state index contributed by atoms with van der Waals surface area (Å²) in [6.45, 7) is 4.49. The summed E-state index contributed by atoms with van der Waals surface area (Å²) in [5.41, 5.74) is 10.2. The molecule has 0 aromatic carbocycles. The molecular formula is C12H18N2. The highest BCUT2D eigenvalue weighted by Gasteiger charge is 2.24. The van der Waals surface area contributed by atoms with Gasteiger partial charge in [0.2, 0.25) is 0 Å². The van der Waals surface area contributed by atoms with Gasteiger partial charge >= 0.3 is 0 Å². The molecule has 1 unspecified atom stereocenters. The summed E-state index contributed by atoms with van der Waals surface area (Å²) in [7, 11) is 2.07. The van der Waals surface area contributed by atoms with E-state index in [9.17, 15) is 0 Å². The quantitative estimate of drug-likeness (QED) is 0.685. The van der Waals surface area contributed by atoms with Crippen LogP contribution in [0.2, 0.25) is 0 Å². The van der Waals surface area contributed by atoms with Crippen LogP contribution in [0.1, 0.15) is 20.3 Å². The molecule has 1 aliphatic carbocycles. The van der Waals surface area contributed by atoms with E-state index >= 15 is 0 Å². The van der Waals surface area contributed by atoms with E-state index in [4.69, 9.17) is 5.73 Å². The molecule has 14 heavy (non-hydrogen) atoms. The average Bonchev–Trinajstić information content (AvgIpc) is 2.56. The van der Waals surface area contributed by atoms with Crippen molar-refractivity contribution in [2.24, 2.45) is 11.7 Å². The zero-order chi connectivity index (χ0) is 10.3. The lowest BCUT2D eigenvalue weighted by atomic mass is 10.0. The summed E-state index contributed by atoms with van der Waals surface area (Å²) in [6.07, 6.45) is 7.63. The predicted octanol–water partition coefficient (Wildman–Crippen LogP) is 2.01. The smallest absolute Gasteiger partial charge is 0.0959 e. The summed E-state index contributed by atoms with van der Waals surface area (Å²) >= 11 is 0. The molecule has 0 radical (unpaired) electrons. The van der Waals surface area contributed by atoms with Crippen molar-refractivity contribution >= 4 is 0 Å². The minimum Gasteiger partial charge on any atom is -0.358 e. The molecule has 0 fully saturated rings. The Bertz CT molecular complexity index is 334. The van der Waals surface area contributed by atoms with E-state index in [2.05, 4.69) is 44.0 Å². The van der Waals surface area contributed by atoms with Crippen LogP contribution in [0.4, 0.5) is 0 Å². The first-order valence-corrected chi connectivity index (χ1v) is 5.20. The molecule has 1 atom stereocenters. The van der Waals surface area contributed by atoms with Crippen LogP contribution in [0.25, 0.3) is 0 Å². The fourth-order valence-electron chi connectivity index (χ4n) is 1.98. The third-order valence-corrected chi connectivity index (χ3v) is 3.13. The lowest BCUT2D eigenvalue weighted by Gasteiger charge is -2.29. The zero-order valence-corrected chi connectivity index (χ0v) is 9.12. The SMILES string of the molecule is CC(C)C1=CC2=C(C1)N(C)C(N)C=C2. The van der Waals surface area contributed by atoms with Crippen molar-refractivity contribution in [2.45, 2.75) is 26.4 Å². The Morgan fingerprint density at radius 3 is 2.86 bits per heavy atom. The monoisotopic (exact) mass is 190 g/mol. The Morgan fingerprint density at radius 1 is 1.50 bits per heavy atom. The van der Waals surface area contributed by atoms with Crippen LogP contribution in [-0.4, -0.2) is 18.1 Å². The number of allylic oxidation sites excluding steroid dienone is 4. The molecule has 2 nitrogen and oxygen atoms in total. The third kappa shape index (κ3) is 1.40. The van der Waals surface area contributed by atoms with Gasteiger partial charge in [0.15, 0.2) is 0 Å². The van der Waals surface area contributed by atoms with Crippen molar-refractivity contribution in [1.29, 1.82) is 0 Å². The number of nitrogens with zero attached hydrogens (tertiary/aromatic N) is 1. The van der Waals surface area contributed by atoms with Gasteiger partial charge in [-0.05, 0) is 17.6 Å². The Labute approximate surface area is 85.8 Å². The molecular weight excluding hydrogens is 172 g/mol. The Morgan fingerprint density at radius 2 is 2.21 bits per heavy atom. The summed E-state index contributed by atoms with van der Waals surface area (Å²) in [5, 5.41) is 0. The minimum atomic E-state index is 0.0497. The average molecular weight is 190 g/mol. The molecule has 2 N–H and O–H groups in total. The maximum atomic E-state index is 5.94. The molecule has 0 amide bonds. The zero-order valence-electron chi connectivity index (χ0n) is 9.12. The highest BCUT2D eigenvalue weighted by atomic mass is 15.2. The van der Waals surface area contributed by atoms with Crippen LogP contribution in [0.5, 0.6) is 0 Å². The largest absolute Gasteiger partial charge is 0.358 e. The van der Waals surface area contributed by atoms with E-state index in [1.54, 1.807) is 0 Å². The maximum Gasteiger partial charge on any atom is 0.0959 e. The molecule has 0 aromatic heterocycles. The second-order valence-electron chi connectivity index (χ2n) is 4.41. The van der Waals surface area contributed by atoms with E-state index in [-0.39, 0.29) is 6.17 Å². The number of likely N-dealkylation sites (N-methyl/N-ethyl adjacent to an activating group) is 1. The van der Waals surface area contributed by atoms with Crippen LogP contribution < -0.4 is 5.73 Å². The van der Waals surface area contributed by atoms with E-state index in [0.717, 1.165) is 6.42 Å². The van der Waals surface area contributed by atoms with Crippen molar-refractivity contribution in [3.05, 3.63) is 35.1 Å². The second-order valence-corrected chi connectivity index (χ2v) is 4.41. The molecule has 0 spiro atoms. The van der Waals surface area contributed by atoms with Gasteiger partial charge in [0.1, 0.15) is 0 Å². The van der Waals surface area contributed by atoms with Crippen LogP contribution in [0.3, 0.4) is 0 Å². The van der Waals surface area contributed by atoms with Crippen LogP contribution in [0.15, 0.2) is 35.1 Å². The standard InChI is InChI=1S/C12H18N2/c1-8(2)10-6-9-4-5-12(13)14(3)11(9)7-10/h4-6,8,12H,7,13H2,1-3H3. The molecule has 0 saturated heterocycles. The Hall–Kier alpha value is -1.02. The first kappa shape index (κ1) is 9.53. The van der Waals surface area contributed by atoms with Gasteiger partial charge in [-0.25, -0.2) is 0 Å². The number of rotatable bonds is 1. The van der Waals surface area contributed by atoms with Crippen LogP contribution >= 0.6 is 0 Å². The number of nitrogens with two attached hydrogens (primary N) is 1. The molecule has 0 saturated carbocycles. The molecule has 1 heterocycles. The fraction of sp³-hybridized carbons (Fsp3) is 0.500. The molecule has 0 aromatic rings. The molecule has 1 aliphatic heterocycles. The lowest BCUT2D eigenvalue weighted by Crippen LogP contribution is -2.38. The molecule has 2 aliphatic rings. The summed E-state index contributed by atoms with van der Waals surface area (Å²) in [6, 6.07) is 0. The normalized spacial score (nSPS) is 25.9. The van der Waals surface area contributed by atoms with Crippen LogP contribution in [-0.2, 0) is 0 Å². The highest BCUT2D eigenvalue weighted by molar-refractivity contribution is 5.47. The first-order valence-electron chi connectivity index (χ1n) is 5.20. The second kappa shape index (κ2) is 3.28. The van der Waals surface area contributed by atoms with Gasteiger partial charge in [-0.2, -0.15) is 0 Å². The van der Waals surface area contributed by atoms with Crippen molar-refractivity contribution < 1.29 is 0 Å². The van der Waals surface area contributed by atoms with E-state index in [1.807, 2.05) is 0 Å². The molecule has 2 rings (SSSR count). The van der Waals surface area contributed by atoms with Gasteiger partial charge in [-0.15, -0.1) is 0 Å². The van der Waals surface area contributed by atoms with E-state index in [1.165, 1.54) is 16.8 Å². The topological polar surface area (TPSA) is 29.3 Å². The van der Waals surface area contributed by atoms with Crippen molar-refractivity contribution in [3.63, 3.8) is 0 Å². The Balaban J connectivity index is 2.24. The lowest BCUT2D eigenvalue weighted by molar-refractivity contribution is 0.346. The number of hydrogen-bond donors (Lipinski definition) is 1. The van der Waals surface area contributed by atoms with Gasteiger partial charge in [0.05, 0.1) is 6.17 Å². The van der Waals surface area contributed by atoms with E-state index in [0.29, 0.717) is 5.92 Å². The maximum absolute atomic E-state index is 5.94. The Kier molecular flexibility index (Phi) is 2.23. The third-order valence-electron chi connectivity index (χ3n) is 3.13. The first-order chi connectivity index (χ1) is 6.59. The summed E-state index contributed by atoms with van der Waals surface area (Å²) < 4.78 is 0. The highest BCUT2D eigenvalue weighted by Crippen LogP contribution is 2.34. The van der Waals surface area contributed by atoms with Gasteiger partial charge in [-0.3, -0.25) is 0 Å². The van der Waals surface area contributed by atoms with Gasteiger partial charge in [0.25, 0.3) is 0 Å². The summed E-state index contributed by atoms with van der Waals surface area (Å²) in [5.74, 6) is 0.638. The molecule has 76 valence electrons. The predicted molar refractivity (Wildman–Crippen MR) is 59.4 cm³/mol. The fourth-order valence-corrected chi connectivity index (χ4v) is 1.98. The molecule has 2 heteroatoms. The van der Waals surface area contributed by atoms with Crippen molar-refractivity contribution in [2.75, 3.05) is 7.05 Å². The number of hydrogen-bond acceptors (Lipinski definition) is 2. The van der Waals surface area contributed by atoms with Gasteiger partial charge < -0.3 is 10.6 Å². The van der Waals surface area contributed by atoms with Gasteiger partial charge in [-0.1, -0.05) is 31.6 Å². The van der Waals surface area contributed by atoms with E-state index < -0.39 is 0 Å². The summed E-state index contributed by atoms with van der Waals surface area (Å²) in [4.78, 5) is 2.17. The minimum absolute atomic E-state index is 0.0497. The molecule has 0 bridgehead atoms. The van der Waals surface area contributed by atoms with Crippen molar-refractivity contribution in [1.82, 2.24) is 4.90 Å². The van der Waals surface area contributed by atoms with Crippen molar-refractivity contribution in [3.8, 4) is 0 Å². The van der Waals surface area contributed by atoms with Gasteiger partial charge in [0, 0.05) is 19.2 Å².